The molecule has 5 heteroatoms. The molecule has 0 N–H and O–H groups in total. The molecule has 0 bridgehead atoms. The molecule has 1 aliphatic rings. The number of thioether (sulfide) groups is 1. The normalized spacial score (nSPS) is 14.8. The highest BCUT2D eigenvalue weighted by Gasteiger charge is 2.19. The number of nitrogens with zero attached hydrogens (tertiary/aromatic N) is 4. The molecule has 3 aromatic rings. The molecular weight excluding hydrogens is 340 g/mol. The highest BCUT2D eigenvalue weighted by Crippen LogP contribution is 2.26. The minimum absolute atomic E-state index is 0.868. The molecule has 2 aromatic carbocycles. The van der Waals surface area contributed by atoms with Crippen LogP contribution in [0, 0.1) is 6.92 Å². The van der Waals surface area contributed by atoms with Crippen molar-refractivity contribution in [2.45, 2.75) is 37.2 Å². The molecule has 2 heterocycles. The summed E-state index contributed by atoms with van der Waals surface area (Å²) in [5.74, 6) is 1.93. The zero-order chi connectivity index (χ0) is 17.8. The Morgan fingerprint density at radius 2 is 1.65 bits per heavy atom. The maximum Gasteiger partial charge on any atom is 0.196 e. The molecule has 1 saturated heterocycles. The molecule has 26 heavy (non-hydrogen) atoms. The number of hydrogen-bond donors (Lipinski definition) is 0. The van der Waals surface area contributed by atoms with E-state index in [-0.39, 0.29) is 0 Å². The fourth-order valence-electron chi connectivity index (χ4n) is 3.31. The van der Waals surface area contributed by atoms with E-state index in [1.807, 2.05) is 6.07 Å². The lowest BCUT2D eigenvalue weighted by molar-refractivity contribution is 0.319. The van der Waals surface area contributed by atoms with Gasteiger partial charge in [-0.15, -0.1) is 10.2 Å². The van der Waals surface area contributed by atoms with Crippen LogP contribution in [0.3, 0.4) is 0 Å². The van der Waals surface area contributed by atoms with Crippen LogP contribution in [0.5, 0.6) is 0 Å². The van der Waals surface area contributed by atoms with Gasteiger partial charge in [-0.25, -0.2) is 0 Å². The highest BCUT2D eigenvalue weighted by molar-refractivity contribution is 7.98. The first-order chi connectivity index (χ1) is 12.8. The maximum atomic E-state index is 4.53. The van der Waals surface area contributed by atoms with Crippen LogP contribution in [-0.2, 0) is 12.3 Å². The largest absolute Gasteiger partial charge is 0.296 e. The molecule has 0 amide bonds. The third-order valence-corrected chi connectivity index (χ3v) is 5.77. The van der Waals surface area contributed by atoms with Crippen molar-refractivity contribution in [3.05, 3.63) is 71.5 Å². The van der Waals surface area contributed by atoms with E-state index >= 15 is 0 Å². The van der Waals surface area contributed by atoms with E-state index in [4.69, 9.17) is 0 Å². The van der Waals surface area contributed by atoms with E-state index in [0.29, 0.717) is 0 Å². The van der Waals surface area contributed by atoms with Crippen molar-refractivity contribution in [3.63, 3.8) is 0 Å². The lowest BCUT2D eigenvalue weighted by Gasteiger charge is -2.16. The molecule has 134 valence electrons. The number of hydrogen-bond acceptors (Lipinski definition) is 4. The lowest BCUT2D eigenvalue weighted by atomic mass is 10.2. The Balaban J connectivity index is 1.58. The van der Waals surface area contributed by atoms with Gasteiger partial charge in [-0.05, 0) is 50.6 Å². The third kappa shape index (κ3) is 4.00. The Labute approximate surface area is 159 Å². The fourth-order valence-corrected chi connectivity index (χ4v) is 4.23. The molecule has 4 nitrogen and oxygen atoms in total. The van der Waals surface area contributed by atoms with Crippen LogP contribution >= 0.6 is 11.8 Å². The van der Waals surface area contributed by atoms with Crippen LogP contribution in [0.4, 0.5) is 0 Å². The van der Waals surface area contributed by atoms with E-state index < -0.39 is 0 Å². The van der Waals surface area contributed by atoms with Gasteiger partial charge in [0.15, 0.2) is 11.0 Å². The smallest absolute Gasteiger partial charge is 0.196 e. The second-order valence-electron chi connectivity index (χ2n) is 6.83. The summed E-state index contributed by atoms with van der Waals surface area (Å²) in [4.78, 5) is 2.47. The molecule has 1 aromatic heterocycles. The Morgan fingerprint density at radius 1 is 0.923 bits per heavy atom. The Morgan fingerprint density at radius 3 is 2.38 bits per heavy atom. The van der Waals surface area contributed by atoms with Gasteiger partial charge in [-0.1, -0.05) is 59.8 Å². The van der Waals surface area contributed by atoms with Crippen LogP contribution in [0.1, 0.15) is 29.8 Å². The first kappa shape index (κ1) is 17.3. The molecule has 0 saturated carbocycles. The van der Waals surface area contributed by atoms with E-state index in [2.05, 4.69) is 75.1 Å². The summed E-state index contributed by atoms with van der Waals surface area (Å²) in [7, 11) is 0. The topological polar surface area (TPSA) is 34.0 Å². The number of rotatable bonds is 6. The Hall–Kier alpha value is -2.11. The predicted molar refractivity (Wildman–Crippen MR) is 107 cm³/mol. The summed E-state index contributed by atoms with van der Waals surface area (Å²) in [6.07, 6.45) is 2.57. The van der Waals surface area contributed by atoms with Crippen molar-refractivity contribution in [3.8, 4) is 5.69 Å². The molecule has 0 radical (unpaired) electrons. The van der Waals surface area contributed by atoms with Gasteiger partial charge in [0.1, 0.15) is 0 Å². The first-order valence-corrected chi connectivity index (χ1v) is 10.2. The molecule has 0 aliphatic carbocycles. The van der Waals surface area contributed by atoms with E-state index in [0.717, 1.165) is 42.1 Å². The fraction of sp³-hybridized carbons (Fsp3) is 0.333. The number of para-hydroxylation sites is 1. The highest BCUT2D eigenvalue weighted by atomic mass is 32.2. The summed E-state index contributed by atoms with van der Waals surface area (Å²) in [6.45, 7) is 5.31. The first-order valence-electron chi connectivity index (χ1n) is 9.20. The maximum absolute atomic E-state index is 4.53. The minimum Gasteiger partial charge on any atom is -0.296 e. The average molecular weight is 365 g/mol. The van der Waals surface area contributed by atoms with Crippen molar-refractivity contribution in [1.82, 2.24) is 19.7 Å². The van der Waals surface area contributed by atoms with Gasteiger partial charge in [0, 0.05) is 11.4 Å². The average Bonchev–Trinajstić information content (AvgIpc) is 3.32. The summed E-state index contributed by atoms with van der Waals surface area (Å²) in [5, 5.41) is 10.0. The van der Waals surface area contributed by atoms with Crippen molar-refractivity contribution in [1.29, 1.82) is 0 Å². The van der Waals surface area contributed by atoms with E-state index in [9.17, 15) is 0 Å². The quantitative estimate of drug-likeness (QED) is 0.605. The number of aromatic nitrogens is 3. The van der Waals surface area contributed by atoms with Crippen LogP contribution in [0.2, 0.25) is 0 Å². The summed E-state index contributed by atoms with van der Waals surface area (Å²) < 4.78 is 2.22. The van der Waals surface area contributed by atoms with Crippen LogP contribution in [-0.4, -0.2) is 32.8 Å². The predicted octanol–water partition coefficient (Wildman–Crippen LogP) is 4.46. The van der Waals surface area contributed by atoms with Gasteiger partial charge in [-0.3, -0.25) is 9.47 Å². The lowest BCUT2D eigenvalue weighted by Crippen LogP contribution is -2.21. The van der Waals surface area contributed by atoms with Gasteiger partial charge in [0.25, 0.3) is 0 Å². The van der Waals surface area contributed by atoms with Crippen LogP contribution in [0.15, 0.2) is 59.8 Å². The molecule has 0 spiro atoms. The monoisotopic (exact) mass is 364 g/mol. The van der Waals surface area contributed by atoms with Crippen molar-refractivity contribution in [2.24, 2.45) is 0 Å². The molecule has 4 rings (SSSR count). The van der Waals surface area contributed by atoms with E-state index in [1.165, 1.54) is 24.0 Å². The molecule has 1 fully saturated rings. The number of benzene rings is 2. The molecule has 0 atom stereocenters. The van der Waals surface area contributed by atoms with E-state index in [1.54, 1.807) is 11.8 Å². The third-order valence-electron chi connectivity index (χ3n) is 4.77. The zero-order valence-corrected chi connectivity index (χ0v) is 16.0. The van der Waals surface area contributed by atoms with Crippen molar-refractivity contribution >= 4 is 11.8 Å². The Bertz CT molecular complexity index is 836. The SMILES string of the molecule is Cc1ccc(CSc2nnc(CN3CCCC3)n2-c2ccccc2)cc1. The van der Waals surface area contributed by atoms with Crippen LogP contribution in [0.25, 0.3) is 5.69 Å². The van der Waals surface area contributed by atoms with Gasteiger partial charge in [0.05, 0.1) is 6.54 Å². The molecular formula is C21H24N4S. The van der Waals surface area contributed by atoms with Gasteiger partial charge < -0.3 is 0 Å². The van der Waals surface area contributed by atoms with Crippen molar-refractivity contribution < 1.29 is 0 Å². The second kappa shape index (κ2) is 8.06. The summed E-state index contributed by atoms with van der Waals surface area (Å²) in [5.41, 5.74) is 3.74. The molecule has 1 aliphatic heterocycles. The van der Waals surface area contributed by atoms with Gasteiger partial charge in [0.2, 0.25) is 0 Å². The van der Waals surface area contributed by atoms with Gasteiger partial charge >= 0.3 is 0 Å². The standard InChI is InChI=1S/C21H24N4S/c1-17-9-11-18(12-10-17)16-26-21-23-22-20(15-24-13-5-6-14-24)25(21)19-7-3-2-4-8-19/h2-4,7-12H,5-6,13-16H2,1H3. The van der Waals surface area contributed by atoms with Crippen molar-refractivity contribution in [2.75, 3.05) is 13.1 Å². The summed E-state index contributed by atoms with van der Waals surface area (Å²) >= 11 is 1.75. The summed E-state index contributed by atoms with van der Waals surface area (Å²) in [6, 6.07) is 19.2. The molecule has 0 unspecified atom stereocenters. The minimum atomic E-state index is 0.868. The second-order valence-corrected chi connectivity index (χ2v) is 7.77. The number of likely N-dealkylation sites (tertiary alicyclic amines) is 1. The number of aryl methyl sites for hydroxylation is 1. The zero-order valence-electron chi connectivity index (χ0n) is 15.1. The van der Waals surface area contributed by atoms with Crippen LogP contribution < -0.4 is 0 Å². The Kier molecular flexibility index (Phi) is 5.37. The van der Waals surface area contributed by atoms with Gasteiger partial charge in [-0.2, -0.15) is 0 Å².